The van der Waals surface area contributed by atoms with Gasteiger partial charge in [-0.05, 0) is 75.3 Å². The number of anilines is 1. The smallest absolute Gasteiger partial charge is 0.260 e. The number of nitrogens with zero attached hydrogens (tertiary/aromatic N) is 4. The van der Waals surface area contributed by atoms with Gasteiger partial charge in [0.1, 0.15) is 0 Å². The van der Waals surface area contributed by atoms with Crippen LogP contribution >= 0.6 is 11.3 Å². The lowest BCUT2D eigenvalue weighted by molar-refractivity contribution is 0.0985. The molecular weight excluding hydrogens is 480 g/mol. The summed E-state index contributed by atoms with van der Waals surface area (Å²) in [6.07, 6.45) is 2.44. The zero-order valence-electron chi connectivity index (χ0n) is 21.3. The van der Waals surface area contributed by atoms with Crippen molar-refractivity contribution in [1.82, 2.24) is 14.2 Å². The third-order valence-electron chi connectivity index (χ3n) is 5.78. The van der Waals surface area contributed by atoms with Crippen LogP contribution in [0.3, 0.4) is 0 Å². The number of benzene rings is 2. The number of sulfonamides is 1. The van der Waals surface area contributed by atoms with Gasteiger partial charge in [0.25, 0.3) is 5.91 Å². The Balaban J connectivity index is 1.92. The van der Waals surface area contributed by atoms with Gasteiger partial charge < -0.3 is 4.90 Å². The molecule has 2 aromatic carbocycles. The second kappa shape index (κ2) is 12.1. The highest BCUT2D eigenvalue weighted by Crippen LogP contribution is 2.31. The standard InChI is InChI=1S/C26H36N4O3S2/c1-6-15-29(16-7-2)35(32,33)22-12-10-21(11-13-22)25(31)30(18-17-28(4)5)26-27-23-14-9-20(8-3)19-24(23)34-26/h9-14,19H,6-8,15-18H2,1-5H3. The summed E-state index contributed by atoms with van der Waals surface area (Å²) in [7, 11) is 0.335. The van der Waals surface area contributed by atoms with Crippen LogP contribution in [0.15, 0.2) is 47.4 Å². The molecule has 0 bridgehead atoms. The molecule has 3 aromatic rings. The second-order valence-corrected chi connectivity index (χ2v) is 11.8. The third-order valence-corrected chi connectivity index (χ3v) is 8.74. The van der Waals surface area contributed by atoms with Gasteiger partial charge in [-0.3, -0.25) is 9.69 Å². The van der Waals surface area contributed by atoms with Crippen molar-refractivity contribution in [3.63, 3.8) is 0 Å². The number of rotatable bonds is 12. The van der Waals surface area contributed by atoms with Gasteiger partial charge in [0, 0.05) is 31.7 Å². The van der Waals surface area contributed by atoms with Crippen LogP contribution in [0.25, 0.3) is 10.2 Å². The molecule has 0 aliphatic rings. The van der Waals surface area contributed by atoms with Gasteiger partial charge in [-0.2, -0.15) is 4.31 Å². The summed E-state index contributed by atoms with van der Waals surface area (Å²) in [5.74, 6) is -0.190. The highest BCUT2D eigenvalue weighted by atomic mass is 32.2. The third kappa shape index (κ3) is 6.46. The molecule has 1 aromatic heterocycles. The Morgan fingerprint density at radius 3 is 2.14 bits per heavy atom. The topological polar surface area (TPSA) is 73.8 Å². The number of amides is 1. The first-order valence-electron chi connectivity index (χ1n) is 12.2. The van der Waals surface area contributed by atoms with Gasteiger partial charge in [-0.15, -0.1) is 0 Å². The Morgan fingerprint density at radius 1 is 0.914 bits per heavy atom. The molecule has 1 amide bonds. The van der Waals surface area contributed by atoms with Crippen molar-refractivity contribution in [3.8, 4) is 0 Å². The number of carbonyl (C=O) groups is 1. The van der Waals surface area contributed by atoms with Crippen LogP contribution in [0.2, 0.25) is 0 Å². The van der Waals surface area contributed by atoms with Crippen LogP contribution in [-0.2, 0) is 16.4 Å². The number of aromatic nitrogens is 1. The fourth-order valence-electron chi connectivity index (χ4n) is 3.80. The summed E-state index contributed by atoms with van der Waals surface area (Å²) >= 11 is 1.50. The van der Waals surface area contributed by atoms with Gasteiger partial charge in [0.2, 0.25) is 10.0 Å². The lowest BCUT2D eigenvalue weighted by Crippen LogP contribution is -2.36. The molecule has 0 saturated heterocycles. The molecule has 0 aliphatic carbocycles. The molecule has 35 heavy (non-hydrogen) atoms. The molecule has 3 rings (SSSR count). The van der Waals surface area contributed by atoms with E-state index in [0.29, 0.717) is 36.9 Å². The van der Waals surface area contributed by atoms with E-state index in [-0.39, 0.29) is 10.8 Å². The van der Waals surface area contributed by atoms with Crippen LogP contribution in [0, 0.1) is 0 Å². The summed E-state index contributed by atoms with van der Waals surface area (Å²) in [5.41, 5.74) is 2.54. The van der Waals surface area contributed by atoms with Crippen molar-refractivity contribution in [3.05, 3.63) is 53.6 Å². The maximum Gasteiger partial charge on any atom is 0.260 e. The average molecular weight is 517 g/mol. The molecule has 9 heteroatoms. The minimum Gasteiger partial charge on any atom is -0.308 e. The van der Waals surface area contributed by atoms with Crippen LogP contribution < -0.4 is 4.90 Å². The second-order valence-electron chi connectivity index (χ2n) is 8.84. The van der Waals surface area contributed by atoms with Gasteiger partial charge in [-0.25, -0.2) is 13.4 Å². The molecule has 0 unspecified atom stereocenters. The molecule has 7 nitrogen and oxygen atoms in total. The summed E-state index contributed by atoms with van der Waals surface area (Å²) < 4.78 is 28.8. The summed E-state index contributed by atoms with van der Waals surface area (Å²) in [6.45, 7) is 8.16. The van der Waals surface area contributed by atoms with Crippen LogP contribution in [0.1, 0.15) is 49.5 Å². The van der Waals surface area contributed by atoms with E-state index in [4.69, 9.17) is 4.98 Å². The lowest BCUT2D eigenvalue weighted by Gasteiger charge is -2.23. The van der Waals surface area contributed by atoms with Crippen molar-refractivity contribution in [2.75, 3.05) is 45.2 Å². The fourth-order valence-corrected chi connectivity index (χ4v) is 6.48. The molecule has 0 radical (unpaired) electrons. The van der Waals surface area contributed by atoms with E-state index < -0.39 is 10.0 Å². The van der Waals surface area contributed by atoms with Crippen molar-refractivity contribution in [2.24, 2.45) is 0 Å². The molecule has 0 spiro atoms. The molecular formula is C26H36N4O3S2. The van der Waals surface area contributed by atoms with Crippen LogP contribution in [0.4, 0.5) is 5.13 Å². The fraction of sp³-hybridized carbons (Fsp3) is 0.462. The van der Waals surface area contributed by atoms with E-state index in [0.717, 1.165) is 29.5 Å². The minimum atomic E-state index is -3.59. The number of hydrogen-bond acceptors (Lipinski definition) is 6. The van der Waals surface area contributed by atoms with Crippen molar-refractivity contribution in [2.45, 2.75) is 44.9 Å². The van der Waals surface area contributed by atoms with E-state index in [1.54, 1.807) is 17.0 Å². The molecule has 0 saturated carbocycles. The number of hydrogen-bond donors (Lipinski definition) is 0. The lowest BCUT2D eigenvalue weighted by atomic mass is 10.2. The molecule has 1 heterocycles. The van der Waals surface area contributed by atoms with Crippen molar-refractivity contribution in [1.29, 1.82) is 0 Å². The molecule has 0 atom stereocenters. The van der Waals surface area contributed by atoms with E-state index in [1.807, 2.05) is 38.9 Å². The Bertz CT molecular complexity index is 1230. The Hall–Kier alpha value is -2.33. The first kappa shape index (κ1) is 27.3. The highest BCUT2D eigenvalue weighted by Gasteiger charge is 2.25. The van der Waals surface area contributed by atoms with Gasteiger partial charge in [0.15, 0.2) is 5.13 Å². The zero-order valence-corrected chi connectivity index (χ0v) is 23.0. The number of thiazole rings is 1. The zero-order chi connectivity index (χ0) is 25.6. The van der Waals surface area contributed by atoms with Crippen LogP contribution in [-0.4, -0.2) is 68.8 Å². The molecule has 0 aliphatic heterocycles. The summed E-state index contributed by atoms with van der Waals surface area (Å²) in [6, 6.07) is 12.5. The maximum atomic E-state index is 13.6. The van der Waals surface area contributed by atoms with E-state index in [2.05, 4.69) is 19.1 Å². The normalized spacial score (nSPS) is 12.1. The molecule has 0 fully saturated rings. The quantitative estimate of drug-likeness (QED) is 0.343. The van der Waals surface area contributed by atoms with E-state index >= 15 is 0 Å². The van der Waals surface area contributed by atoms with Gasteiger partial charge in [0.05, 0.1) is 15.1 Å². The number of aryl methyl sites for hydroxylation is 1. The Kier molecular flexibility index (Phi) is 9.40. The Morgan fingerprint density at radius 2 is 1.57 bits per heavy atom. The predicted molar refractivity (Wildman–Crippen MR) is 145 cm³/mol. The largest absolute Gasteiger partial charge is 0.308 e. The van der Waals surface area contributed by atoms with Gasteiger partial charge >= 0.3 is 0 Å². The van der Waals surface area contributed by atoms with Crippen molar-refractivity contribution >= 4 is 42.6 Å². The van der Waals surface area contributed by atoms with Gasteiger partial charge in [-0.1, -0.05) is 38.2 Å². The molecule has 0 N–H and O–H groups in total. The van der Waals surface area contributed by atoms with E-state index in [9.17, 15) is 13.2 Å². The van der Waals surface area contributed by atoms with Crippen LogP contribution in [0.5, 0.6) is 0 Å². The molecule has 190 valence electrons. The van der Waals surface area contributed by atoms with Crippen molar-refractivity contribution < 1.29 is 13.2 Å². The predicted octanol–water partition coefficient (Wildman–Crippen LogP) is 4.88. The number of likely N-dealkylation sites (N-methyl/N-ethyl adjacent to an activating group) is 1. The highest BCUT2D eigenvalue weighted by molar-refractivity contribution is 7.89. The minimum absolute atomic E-state index is 0.190. The maximum absolute atomic E-state index is 13.6. The first-order valence-corrected chi connectivity index (χ1v) is 14.4. The van der Waals surface area contributed by atoms with E-state index in [1.165, 1.54) is 33.3 Å². The Labute approximate surface area is 213 Å². The summed E-state index contributed by atoms with van der Waals surface area (Å²) in [4.78, 5) is 22.2. The summed E-state index contributed by atoms with van der Waals surface area (Å²) in [5, 5.41) is 0.647. The average Bonchev–Trinajstić information content (AvgIpc) is 3.26. The SMILES string of the molecule is CCCN(CCC)S(=O)(=O)c1ccc(C(=O)N(CCN(C)C)c2nc3ccc(CC)cc3s2)cc1. The number of carbonyl (C=O) groups excluding carboxylic acids is 1. The number of fused-ring (bicyclic) bond motifs is 1. The monoisotopic (exact) mass is 516 g/mol. The first-order chi connectivity index (χ1) is 16.7.